The van der Waals surface area contributed by atoms with E-state index in [1.54, 1.807) is 11.1 Å². The van der Waals surface area contributed by atoms with Crippen LogP contribution in [0.1, 0.15) is 23.0 Å². The summed E-state index contributed by atoms with van der Waals surface area (Å²) in [6.07, 6.45) is 1.56. The van der Waals surface area contributed by atoms with Crippen LogP contribution >= 0.6 is 0 Å². The van der Waals surface area contributed by atoms with Gasteiger partial charge in [0.05, 0.1) is 17.6 Å². The number of fused-ring (bicyclic) bond motifs is 2. The average Bonchev–Trinajstić information content (AvgIpc) is 2.59. The highest BCUT2D eigenvalue weighted by Crippen LogP contribution is 2.32. The zero-order valence-corrected chi connectivity index (χ0v) is 13.6. The minimum Gasteiger partial charge on any atom is -0.471 e. The van der Waals surface area contributed by atoms with E-state index in [4.69, 9.17) is 4.74 Å². The summed E-state index contributed by atoms with van der Waals surface area (Å²) in [5.74, 6) is 0.414. The van der Waals surface area contributed by atoms with Crippen molar-refractivity contribution in [3.05, 3.63) is 59.9 Å². The van der Waals surface area contributed by atoms with Gasteiger partial charge in [0, 0.05) is 17.3 Å². The molecule has 1 aliphatic rings. The molecule has 0 saturated carbocycles. The van der Waals surface area contributed by atoms with Crippen molar-refractivity contribution in [2.45, 2.75) is 20.0 Å². The van der Waals surface area contributed by atoms with Gasteiger partial charge in [-0.15, -0.1) is 0 Å². The summed E-state index contributed by atoms with van der Waals surface area (Å²) in [6.45, 7) is 4.35. The lowest BCUT2D eigenvalue weighted by Gasteiger charge is -2.32. The minimum absolute atomic E-state index is 0.0805. The van der Waals surface area contributed by atoms with E-state index in [0.717, 1.165) is 16.6 Å². The third-order valence-corrected chi connectivity index (χ3v) is 4.13. The fraction of sp³-hybridized carbons (Fsp3) is 0.211. The van der Waals surface area contributed by atoms with Gasteiger partial charge >= 0.3 is 0 Å². The van der Waals surface area contributed by atoms with Crippen molar-refractivity contribution >= 4 is 22.5 Å². The fourth-order valence-corrected chi connectivity index (χ4v) is 3.02. The largest absolute Gasteiger partial charge is 0.471 e. The number of carbonyl (C=O) groups excluding carboxylic acids is 1. The number of ether oxygens (including phenoxy) is 1. The molecule has 1 aliphatic heterocycles. The number of anilines is 1. The first-order chi connectivity index (χ1) is 11.6. The number of para-hydroxylation sites is 1. The summed E-state index contributed by atoms with van der Waals surface area (Å²) in [5.41, 5.74) is 2.91. The molecule has 0 radical (unpaired) electrons. The number of hydrogen-bond donors (Lipinski definition) is 0. The van der Waals surface area contributed by atoms with Gasteiger partial charge in [-0.2, -0.15) is 0 Å². The molecule has 3 aromatic rings. The number of nitrogens with zero attached hydrogens (tertiary/aromatic N) is 3. The second-order valence-electron chi connectivity index (χ2n) is 6.00. The third kappa shape index (κ3) is 2.38. The zero-order chi connectivity index (χ0) is 16.7. The molecule has 4 rings (SSSR count). The van der Waals surface area contributed by atoms with Crippen LogP contribution in [0.15, 0.2) is 48.7 Å². The van der Waals surface area contributed by atoms with Crippen LogP contribution in [0.3, 0.4) is 0 Å². The lowest BCUT2D eigenvalue weighted by Crippen LogP contribution is -2.42. The summed E-state index contributed by atoms with van der Waals surface area (Å²) < 4.78 is 5.73. The topological polar surface area (TPSA) is 55.3 Å². The van der Waals surface area contributed by atoms with E-state index >= 15 is 0 Å². The Bertz CT molecular complexity index is 939. The zero-order valence-electron chi connectivity index (χ0n) is 13.6. The Morgan fingerprint density at radius 2 is 2.08 bits per heavy atom. The molecular weight excluding hydrogens is 302 g/mol. The molecule has 0 bridgehead atoms. The maximum atomic E-state index is 13.2. The number of carbonyl (C=O) groups is 1. The molecule has 5 heteroatoms. The molecule has 0 saturated heterocycles. The Labute approximate surface area is 139 Å². The number of hydrogen-bond acceptors (Lipinski definition) is 4. The van der Waals surface area contributed by atoms with Gasteiger partial charge in [-0.05, 0) is 38.1 Å². The number of aromatic nitrogens is 2. The van der Waals surface area contributed by atoms with E-state index in [2.05, 4.69) is 9.97 Å². The Balaban J connectivity index is 1.84. The van der Waals surface area contributed by atoms with E-state index in [0.29, 0.717) is 23.7 Å². The highest BCUT2D eigenvalue weighted by atomic mass is 16.5. The summed E-state index contributed by atoms with van der Waals surface area (Å²) in [5, 5.41) is 0.958. The number of benzene rings is 1. The lowest BCUT2D eigenvalue weighted by atomic mass is 10.1. The van der Waals surface area contributed by atoms with Gasteiger partial charge in [0.2, 0.25) is 5.88 Å². The Hall–Kier alpha value is -2.95. The molecule has 0 N–H and O–H groups in total. The third-order valence-electron chi connectivity index (χ3n) is 4.13. The molecule has 120 valence electrons. The van der Waals surface area contributed by atoms with E-state index in [9.17, 15) is 4.79 Å². The van der Waals surface area contributed by atoms with Crippen molar-refractivity contribution in [3.8, 4) is 5.88 Å². The summed E-state index contributed by atoms with van der Waals surface area (Å²) in [7, 11) is 0. The monoisotopic (exact) mass is 319 g/mol. The Morgan fingerprint density at radius 3 is 2.96 bits per heavy atom. The molecule has 3 heterocycles. The van der Waals surface area contributed by atoms with E-state index in [1.165, 1.54) is 0 Å². The van der Waals surface area contributed by atoms with Crippen LogP contribution in [-0.2, 0) is 0 Å². The molecule has 0 aliphatic carbocycles. The average molecular weight is 319 g/mol. The predicted molar refractivity (Wildman–Crippen MR) is 92.5 cm³/mol. The van der Waals surface area contributed by atoms with E-state index in [-0.39, 0.29) is 12.0 Å². The first-order valence-corrected chi connectivity index (χ1v) is 7.93. The molecule has 0 fully saturated rings. The summed E-state index contributed by atoms with van der Waals surface area (Å²) in [6, 6.07) is 13.3. The van der Waals surface area contributed by atoms with Gasteiger partial charge in [-0.1, -0.05) is 18.2 Å². The molecule has 24 heavy (non-hydrogen) atoms. The predicted octanol–water partition coefficient (Wildman–Crippen LogP) is 3.37. The maximum absolute atomic E-state index is 13.2. The standard InChI is InChI=1S/C19H17N3O2/c1-12-8-9-14-5-3-6-15(17(14)21-12)19(23)22-11-13(2)24-18-16(22)7-4-10-20-18/h3-10,13H,11H2,1-2H3/t13-/m1/s1. The first kappa shape index (κ1) is 14.6. The molecule has 1 amide bonds. The van der Waals surface area contributed by atoms with Crippen molar-refractivity contribution in [2.24, 2.45) is 0 Å². The van der Waals surface area contributed by atoms with E-state index < -0.39 is 0 Å². The van der Waals surface area contributed by atoms with Crippen molar-refractivity contribution < 1.29 is 9.53 Å². The van der Waals surface area contributed by atoms with Crippen LogP contribution in [-0.4, -0.2) is 28.5 Å². The number of aryl methyl sites for hydroxylation is 1. The Kier molecular flexibility index (Phi) is 3.41. The van der Waals surface area contributed by atoms with Gasteiger partial charge in [-0.3, -0.25) is 14.7 Å². The normalized spacial score (nSPS) is 16.6. The van der Waals surface area contributed by atoms with Crippen LogP contribution in [0.25, 0.3) is 10.9 Å². The SMILES string of the molecule is Cc1ccc2cccc(C(=O)N3C[C@@H](C)Oc4ncccc43)c2n1. The lowest BCUT2D eigenvalue weighted by molar-refractivity contribution is 0.0960. The first-order valence-electron chi connectivity index (χ1n) is 7.93. The highest BCUT2D eigenvalue weighted by Gasteiger charge is 2.30. The quantitative estimate of drug-likeness (QED) is 0.690. The summed E-state index contributed by atoms with van der Waals surface area (Å²) >= 11 is 0. The molecule has 2 aromatic heterocycles. The van der Waals surface area contributed by atoms with Crippen molar-refractivity contribution in [3.63, 3.8) is 0 Å². The molecule has 1 aromatic carbocycles. The molecule has 5 nitrogen and oxygen atoms in total. The van der Waals surface area contributed by atoms with Crippen molar-refractivity contribution in [1.82, 2.24) is 9.97 Å². The summed E-state index contributed by atoms with van der Waals surface area (Å²) in [4.78, 5) is 23.8. The van der Waals surface area contributed by atoms with Crippen LogP contribution in [0.2, 0.25) is 0 Å². The van der Waals surface area contributed by atoms with Crippen LogP contribution in [0, 0.1) is 6.92 Å². The fourth-order valence-electron chi connectivity index (χ4n) is 3.02. The van der Waals surface area contributed by atoms with Crippen LogP contribution < -0.4 is 9.64 Å². The smallest absolute Gasteiger partial charge is 0.260 e. The number of pyridine rings is 2. The maximum Gasteiger partial charge on any atom is 0.260 e. The number of amides is 1. The van der Waals surface area contributed by atoms with Gasteiger partial charge < -0.3 is 4.74 Å². The minimum atomic E-state index is -0.110. The Morgan fingerprint density at radius 1 is 1.21 bits per heavy atom. The number of rotatable bonds is 1. The van der Waals surface area contributed by atoms with E-state index in [1.807, 2.05) is 56.3 Å². The van der Waals surface area contributed by atoms with Crippen LogP contribution in [0.4, 0.5) is 5.69 Å². The highest BCUT2D eigenvalue weighted by molar-refractivity contribution is 6.13. The van der Waals surface area contributed by atoms with Gasteiger partial charge in [0.1, 0.15) is 11.8 Å². The second kappa shape index (κ2) is 5.60. The van der Waals surface area contributed by atoms with Gasteiger partial charge in [-0.25, -0.2) is 4.98 Å². The molecular formula is C19H17N3O2. The molecule has 0 spiro atoms. The second-order valence-corrected chi connectivity index (χ2v) is 6.00. The van der Waals surface area contributed by atoms with Crippen molar-refractivity contribution in [1.29, 1.82) is 0 Å². The van der Waals surface area contributed by atoms with Crippen LogP contribution in [0.5, 0.6) is 5.88 Å². The van der Waals surface area contributed by atoms with Gasteiger partial charge in [0.25, 0.3) is 5.91 Å². The molecule has 0 unspecified atom stereocenters. The van der Waals surface area contributed by atoms with Crippen molar-refractivity contribution in [2.75, 3.05) is 11.4 Å². The molecule has 1 atom stereocenters. The van der Waals surface area contributed by atoms with Gasteiger partial charge in [0.15, 0.2) is 0 Å².